The number of nitrogens with zero attached hydrogens (tertiary/aromatic N) is 1. The molecule has 1 heterocycles. The number of benzene rings is 1. The molecule has 4 heteroatoms. The zero-order chi connectivity index (χ0) is 14.5. The minimum atomic E-state index is -0.182. The summed E-state index contributed by atoms with van der Waals surface area (Å²) >= 11 is 1.74. The molecule has 1 aromatic carbocycles. The summed E-state index contributed by atoms with van der Waals surface area (Å²) in [5.41, 5.74) is 2.08. The van der Waals surface area contributed by atoms with E-state index in [0.29, 0.717) is 0 Å². The minimum absolute atomic E-state index is 0.136. The van der Waals surface area contributed by atoms with E-state index in [0.717, 1.165) is 24.3 Å². The molecular formula is C16H21FN2S. The maximum Gasteiger partial charge on any atom is 0.123 e. The van der Waals surface area contributed by atoms with Crippen molar-refractivity contribution in [3.63, 3.8) is 0 Å². The topological polar surface area (TPSA) is 15.3 Å². The Hall–Kier alpha value is -1.39. The van der Waals surface area contributed by atoms with E-state index in [1.807, 2.05) is 6.07 Å². The van der Waals surface area contributed by atoms with Crippen molar-refractivity contribution in [3.05, 3.63) is 52.0 Å². The second-order valence-electron chi connectivity index (χ2n) is 4.92. The summed E-state index contributed by atoms with van der Waals surface area (Å²) in [4.78, 5) is 3.48. The van der Waals surface area contributed by atoms with E-state index < -0.39 is 0 Å². The first kappa shape index (κ1) is 15.0. The Bertz CT molecular complexity index is 539. The molecule has 0 aliphatic rings. The number of rotatable bonds is 6. The van der Waals surface area contributed by atoms with Gasteiger partial charge in [0.25, 0.3) is 0 Å². The fourth-order valence-electron chi connectivity index (χ4n) is 2.36. The number of halogens is 1. The number of anilines is 1. The monoisotopic (exact) mass is 292 g/mol. The molecule has 0 fully saturated rings. The Balaban J connectivity index is 2.25. The van der Waals surface area contributed by atoms with Crippen molar-refractivity contribution in [3.8, 4) is 0 Å². The Labute approximate surface area is 124 Å². The molecule has 0 bridgehead atoms. The van der Waals surface area contributed by atoms with Gasteiger partial charge in [0.05, 0.1) is 6.54 Å². The molecule has 1 aromatic heterocycles. The van der Waals surface area contributed by atoms with E-state index in [1.165, 1.54) is 10.9 Å². The lowest BCUT2D eigenvalue weighted by atomic mass is 10.0. The number of hydrogen-bond acceptors (Lipinski definition) is 3. The summed E-state index contributed by atoms with van der Waals surface area (Å²) in [5, 5.41) is 5.43. The molecule has 1 N–H and O–H groups in total. The molecule has 0 saturated heterocycles. The van der Waals surface area contributed by atoms with Crippen LogP contribution in [0.4, 0.5) is 10.1 Å². The molecule has 0 aliphatic heterocycles. The molecule has 1 unspecified atom stereocenters. The third-order valence-electron chi connectivity index (χ3n) is 3.35. The molecule has 20 heavy (non-hydrogen) atoms. The normalized spacial score (nSPS) is 12.4. The predicted molar refractivity (Wildman–Crippen MR) is 84.9 cm³/mol. The molecule has 2 rings (SSSR count). The highest BCUT2D eigenvalue weighted by Gasteiger charge is 2.14. The Morgan fingerprint density at radius 1 is 1.35 bits per heavy atom. The minimum Gasteiger partial charge on any atom is -0.369 e. The average molecular weight is 292 g/mol. The third-order valence-corrected chi connectivity index (χ3v) is 4.21. The van der Waals surface area contributed by atoms with Crippen molar-refractivity contribution >= 4 is 17.0 Å². The van der Waals surface area contributed by atoms with Gasteiger partial charge in [-0.15, -0.1) is 11.3 Å². The SMILES string of the molecule is CCNC(C)c1cc(F)ccc1N(C)Cc1cccs1. The van der Waals surface area contributed by atoms with Crippen LogP contribution >= 0.6 is 11.3 Å². The Morgan fingerprint density at radius 3 is 2.80 bits per heavy atom. The van der Waals surface area contributed by atoms with Crippen LogP contribution in [0.15, 0.2) is 35.7 Å². The van der Waals surface area contributed by atoms with Crippen molar-refractivity contribution in [2.45, 2.75) is 26.4 Å². The second-order valence-corrected chi connectivity index (χ2v) is 5.95. The largest absolute Gasteiger partial charge is 0.369 e. The van der Waals surface area contributed by atoms with Gasteiger partial charge < -0.3 is 10.2 Å². The molecule has 0 aliphatic carbocycles. The van der Waals surface area contributed by atoms with Gasteiger partial charge in [-0.25, -0.2) is 4.39 Å². The van der Waals surface area contributed by atoms with Gasteiger partial charge in [0.1, 0.15) is 5.82 Å². The fourth-order valence-corrected chi connectivity index (χ4v) is 3.11. The van der Waals surface area contributed by atoms with E-state index in [2.05, 4.69) is 48.6 Å². The summed E-state index contributed by atoms with van der Waals surface area (Å²) in [5.74, 6) is -0.182. The van der Waals surface area contributed by atoms with Gasteiger partial charge in [-0.1, -0.05) is 13.0 Å². The highest BCUT2D eigenvalue weighted by Crippen LogP contribution is 2.28. The maximum atomic E-state index is 13.5. The standard InChI is InChI=1S/C16H21FN2S/c1-4-18-12(2)15-10-13(17)7-8-16(15)19(3)11-14-6-5-9-20-14/h5-10,12,18H,4,11H2,1-3H3. The van der Waals surface area contributed by atoms with Gasteiger partial charge in [0, 0.05) is 23.7 Å². The lowest BCUT2D eigenvalue weighted by Crippen LogP contribution is -2.23. The smallest absolute Gasteiger partial charge is 0.123 e. The van der Waals surface area contributed by atoms with Crippen LogP contribution in [-0.2, 0) is 6.54 Å². The first-order valence-electron chi connectivity index (χ1n) is 6.88. The average Bonchev–Trinajstić information content (AvgIpc) is 2.91. The summed E-state index contributed by atoms with van der Waals surface area (Å²) in [6.45, 7) is 5.84. The van der Waals surface area contributed by atoms with E-state index in [9.17, 15) is 4.39 Å². The van der Waals surface area contributed by atoms with Crippen molar-refractivity contribution in [2.75, 3.05) is 18.5 Å². The second kappa shape index (κ2) is 6.86. The highest BCUT2D eigenvalue weighted by atomic mass is 32.1. The zero-order valence-corrected chi connectivity index (χ0v) is 13.0. The van der Waals surface area contributed by atoms with Gasteiger partial charge in [-0.3, -0.25) is 0 Å². The molecule has 0 saturated carbocycles. The van der Waals surface area contributed by atoms with Gasteiger partial charge in [-0.2, -0.15) is 0 Å². The number of hydrogen-bond donors (Lipinski definition) is 1. The molecule has 108 valence electrons. The van der Waals surface area contributed by atoms with E-state index >= 15 is 0 Å². The van der Waals surface area contributed by atoms with Gasteiger partial charge in [0.15, 0.2) is 0 Å². The highest BCUT2D eigenvalue weighted by molar-refractivity contribution is 7.09. The van der Waals surface area contributed by atoms with Crippen LogP contribution in [0, 0.1) is 5.82 Å². The van der Waals surface area contributed by atoms with Crippen molar-refractivity contribution < 1.29 is 4.39 Å². The molecule has 0 radical (unpaired) electrons. The summed E-state index contributed by atoms with van der Waals surface area (Å²) in [7, 11) is 2.05. The van der Waals surface area contributed by atoms with E-state index in [1.54, 1.807) is 17.4 Å². The molecule has 2 nitrogen and oxygen atoms in total. The predicted octanol–water partition coefficient (Wildman–Crippen LogP) is 4.19. The van der Waals surface area contributed by atoms with Crippen LogP contribution in [0.25, 0.3) is 0 Å². The molecular weight excluding hydrogens is 271 g/mol. The molecule has 0 spiro atoms. The van der Waals surface area contributed by atoms with E-state index in [4.69, 9.17) is 0 Å². The molecule has 0 amide bonds. The van der Waals surface area contributed by atoms with Gasteiger partial charge in [0.2, 0.25) is 0 Å². The van der Waals surface area contributed by atoms with Crippen molar-refractivity contribution in [2.24, 2.45) is 0 Å². The first-order valence-corrected chi connectivity index (χ1v) is 7.76. The summed E-state index contributed by atoms with van der Waals surface area (Å²) in [6, 6.07) is 9.34. The van der Waals surface area contributed by atoms with Gasteiger partial charge >= 0.3 is 0 Å². The number of thiophene rings is 1. The Morgan fingerprint density at radius 2 is 2.15 bits per heavy atom. The van der Waals surface area contributed by atoms with Crippen LogP contribution in [0.3, 0.4) is 0 Å². The van der Waals surface area contributed by atoms with Gasteiger partial charge in [-0.05, 0) is 48.7 Å². The van der Waals surface area contributed by atoms with Crippen LogP contribution in [0.5, 0.6) is 0 Å². The maximum absolute atomic E-state index is 13.5. The summed E-state index contributed by atoms with van der Waals surface area (Å²) in [6.07, 6.45) is 0. The van der Waals surface area contributed by atoms with E-state index in [-0.39, 0.29) is 11.9 Å². The number of nitrogens with one attached hydrogen (secondary N) is 1. The lowest BCUT2D eigenvalue weighted by molar-refractivity contribution is 0.582. The van der Waals surface area contributed by atoms with Crippen molar-refractivity contribution in [1.29, 1.82) is 0 Å². The van der Waals surface area contributed by atoms with Crippen LogP contribution in [0.2, 0.25) is 0 Å². The van der Waals surface area contributed by atoms with Crippen LogP contribution in [0.1, 0.15) is 30.3 Å². The third kappa shape index (κ3) is 3.58. The first-order chi connectivity index (χ1) is 9.61. The van der Waals surface area contributed by atoms with Crippen LogP contribution < -0.4 is 10.2 Å². The quantitative estimate of drug-likeness (QED) is 0.858. The van der Waals surface area contributed by atoms with Crippen LogP contribution in [-0.4, -0.2) is 13.6 Å². The fraction of sp³-hybridized carbons (Fsp3) is 0.375. The lowest BCUT2D eigenvalue weighted by Gasteiger charge is -2.25. The molecule has 1 atom stereocenters. The summed E-state index contributed by atoms with van der Waals surface area (Å²) < 4.78 is 13.5. The molecule has 2 aromatic rings. The van der Waals surface area contributed by atoms with Crippen molar-refractivity contribution in [1.82, 2.24) is 5.32 Å². The zero-order valence-electron chi connectivity index (χ0n) is 12.2. The Kier molecular flexibility index (Phi) is 5.15.